The number of phosphoric acid groups is 3. The SMILES string of the molecule is [N-]=[N+]=N[C@@H]1C[C@H](n2cnc3c(N)ncnc32)O[C@@H]1COP(=O)(O)OP(=O)(O)OP(=O)(O)O. The first-order chi connectivity index (χ1) is 14.8. The summed E-state index contributed by atoms with van der Waals surface area (Å²) in [6, 6.07) is -0.922. The number of nitrogens with zero attached hydrogens (tertiary/aromatic N) is 7. The number of ether oxygens (including phenoxy) is 1. The number of nitrogen functional groups attached to an aromatic ring is 1. The van der Waals surface area contributed by atoms with Crippen LogP contribution in [0.1, 0.15) is 12.6 Å². The van der Waals surface area contributed by atoms with E-state index < -0.39 is 48.4 Å². The van der Waals surface area contributed by atoms with Crippen LogP contribution in [-0.2, 0) is 31.6 Å². The molecule has 3 heterocycles. The Kier molecular flexibility index (Phi) is 7.02. The molecule has 0 aromatic carbocycles. The Morgan fingerprint density at radius 1 is 1.22 bits per heavy atom. The highest BCUT2D eigenvalue weighted by Crippen LogP contribution is 2.66. The molecule has 0 bridgehead atoms. The monoisotopic (exact) mass is 516 g/mol. The van der Waals surface area contributed by atoms with E-state index in [0.717, 1.165) is 0 Å². The van der Waals surface area contributed by atoms with Gasteiger partial charge in [-0.25, -0.2) is 28.6 Å². The minimum atomic E-state index is -5.67. The number of anilines is 1. The Balaban J connectivity index is 1.72. The second kappa shape index (κ2) is 9.11. The van der Waals surface area contributed by atoms with E-state index in [9.17, 15) is 23.5 Å². The number of fused-ring (bicyclic) bond motifs is 1. The lowest BCUT2D eigenvalue weighted by molar-refractivity contribution is -0.0230. The van der Waals surface area contributed by atoms with Gasteiger partial charge in [-0.2, -0.15) is 8.62 Å². The fourth-order valence-corrected chi connectivity index (χ4v) is 5.81. The number of rotatable bonds is 9. The smallest absolute Gasteiger partial charge is 0.382 e. The predicted molar refractivity (Wildman–Crippen MR) is 101 cm³/mol. The van der Waals surface area contributed by atoms with Gasteiger partial charge in [0.1, 0.15) is 18.1 Å². The van der Waals surface area contributed by atoms with E-state index in [1.54, 1.807) is 0 Å². The minimum Gasteiger partial charge on any atom is -0.382 e. The lowest BCUT2D eigenvalue weighted by atomic mass is 10.1. The highest BCUT2D eigenvalue weighted by molar-refractivity contribution is 7.66. The average molecular weight is 516 g/mol. The van der Waals surface area contributed by atoms with Gasteiger partial charge in [-0.05, 0) is 5.53 Å². The number of aromatic nitrogens is 4. The summed E-state index contributed by atoms with van der Waals surface area (Å²) in [7, 11) is -16.6. The molecule has 5 atom stereocenters. The first-order valence-corrected chi connectivity index (χ1v) is 12.7. The van der Waals surface area contributed by atoms with E-state index in [0.29, 0.717) is 5.65 Å². The Morgan fingerprint density at radius 3 is 2.59 bits per heavy atom. The molecule has 0 radical (unpaired) electrons. The van der Waals surface area contributed by atoms with Crippen LogP contribution in [0.15, 0.2) is 17.8 Å². The standard InChI is InChI=1S/C10H15N8O11P3/c11-9-8-10(14-3-13-9)18(4-15-8)7-1-5(16-17-12)6(27-7)2-26-31(22,23)29-32(24,25)28-30(19,20)21/h3-7H,1-2H2,(H,22,23)(H,24,25)(H2,11,13,14)(H2,19,20,21)/t5-,6-,7-/m1/s1. The molecule has 0 saturated carbocycles. The highest BCUT2D eigenvalue weighted by atomic mass is 31.3. The van der Waals surface area contributed by atoms with Crippen molar-refractivity contribution in [3.05, 3.63) is 23.1 Å². The molecule has 2 unspecified atom stereocenters. The van der Waals surface area contributed by atoms with Crippen molar-refractivity contribution < 1.29 is 51.2 Å². The third kappa shape index (κ3) is 6.08. The Morgan fingerprint density at radius 2 is 1.94 bits per heavy atom. The summed E-state index contributed by atoms with van der Waals surface area (Å²) in [4.78, 5) is 50.4. The molecule has 2 aromatic rings. The van der Waals surface area contributed by atoms with Gasteiger partial charge in [0.25, 0.3) is 0 Å². The van der Waals surface area contributed by atoms with Crippen molar-refractivity contribution in [2.45, 2.75) is 24.8 Å². The van der Waals surface area contributed by atoms with Gasteiger partial charge in [-0.3, -0.25) is 9.09 Å². The molecule has 22 heteroatoms. The van der Waals surface area contributed by atoms with Crippen molar-refractivity contribution in [2.24, 2.45) is 5.11 Å². The van der Waals surface area contributed by atoms with Crippen LogP contribution in [-0.4, -0.2) is 57.8 Å². The van der Waals surface area contributed by atoms with Gasteiger partial charge in [0.2, 0.25) is 0 Å². The summed E-state index contributed by atoms with van der Waals surface area (Å²) in [5.41, 5.74) is 15.1. The number of hydrogen-bond donors (Lipinski definition) is 5. The summed E-state index contributed by atoms with van der Waals surface area (Å²) in [5, 5.41) is 3.53. The molecule has 19 nitrogen and oxygen atoms in total. The molecule has 1 aliphatic heterocycles. The van der Waals surface area contributed by atoms with Crippen molar-refractivity contribution in [3.8, 4) is 0 Å². The molecule has 3 rings (SSSR count). The molecule has 1 saturated heterocycles. The maximum atomic E-state index is 11.9. The number of azide groups is 1. The first-order valence-electron chi connectivity index (χ1n) is 8.21. The van der Waals surface area contributed by atoms with Crippen LogP contribution < -0.4 is 5.73 Å². The molecule has 32 heavy (non-hydrogen) atoms. The van der Waals surface area contributed by atoms with Gasteiger partial charge in [-0.15, -0.1) is 0 Å². The summed E-state index contributed by atoms with van der Waals surface area (Å²) in [6.45, 7) is -0.784. The first kappa shape index (κ1) is 24.7. The third-order valence-corrected chi connectivity index (χ3v) is 7.72. The number of nitrogens with two attached hydrogens (primary N) is 1. The van der Waals surface area contributed by atoms with Crippen LogP contribution in [0.2, 0.25) is 0 Å². The van der Waals surface area contributed by atoms with Crippen molar-refractivity contribution >= 4 is 40.4 Å². The zero-order chi connectivity index (χ0) is 23.7. The van der Waals surface area contributed by atoms with Crippen LogP contribution in [0.5, 0.6) is 0 Å². The van der Waals surface area contributed by atoms with Gasteiger partial charge in [-0.1, -0.05) is 5.11 Å². The molecule has 2 aromatic heterocycles. The normalized spacial score (nSPS) is 25.2. The number of phosphoric ester groups is 1. The van der Waals surface area contributed by atoms with E-state index in [2.05, 4.69) is 38.1 Å². The second-order valence-electron chi connectivity index (χ2n) is 6.11. The summed E-state index contributed by atoms with van der Waals surface area (Å²) >= 11 is 0. The predicted octanol–water partition coefficient (Wildman–Crippen LogP) is 0.718. The quantitative estimate of drug-likeness (QED) is 0.133. The number of imidazole rings is 1. The zero-order valence-corrected chi connectivity index (χ0v) is 18.2. The Hall–Kier alpha value is -1.97. The number of hydrogen-bond acceptors (Lipinski definition) is 12. The molecule has 1 aliphatic rings. The lowest BCUT2D eigenvalue weighted by Crippen LogP contribution is -2.24. The molecule has 6 N–H and O–H groups in total. The zero-order valence-electron chi connectivity index (χ0n) is 15.5. The second-order valence-corrected chi connectivity index (χ2v) is 10.5. The third-order valence-electron chi connectivity index (χ3n) is 3.92. The van der Waals surface area contributed by atoms with Crippen molar-refractivity contribution in [3.63, 3.8) is 0 Å². The summed E-state index contributed by atoms with van der Waals surface area (Å²) in [5.74, 6) is 0.113. The topological polar surface area (TPSA) is 287 Å². The van der Waals surface area contributed by atoms with Crippen LogP contribution in [0.25, 0.3) is 21.6 Å². The van der Waals surface area contributed by atoms with E-state index in [1.165, 1.54) is 17.2 Å². The van der Waals surface area contributed by atoms with Gasteiger partial charge in [0, 0.05) is 11.3 Å². The minimum absolute atomic E-state index is 0.0594. The maximum absolute atomic E-state index is 11.9. The highest BCUT2D eigenvalue weighted by Gasteiger charge is 2.43. The van der Waals surface area contributed by atoms with E-state index >= 15 is 0 Å². The van der Waals surface area contributed by atoms with Crippen LogP contribution in [0, 0.1) is 0 Å². The Bertz CT molecular complexity index is 1190. The largest absolute Gasteiger partial charge is 0.490 e. The summed E-state index contributed by atoms with van der Waals surface area (Å²) in [6.07, 6.45) is 0.640. The molecule has 0 spiro atoms. The van der Waals surface area contributed by atoms with Crippen molar-refractivity contribution in [1.29, 1.82) is 0 Å². The molecule has 1 fully saturated rings. The fraction of sp³-hybridized carbons (Fsp3) is 0.500. The van der Waals surface area contributed by atoms with Crippen LogP contribution >= 0.6 is 23.5 Å². The molecular formula is C10H15N8O11P3. The van der Waals surface area contributed by atoms with Crippen LogP contribution in [0.3, 0.4) is 0 Å². The van der Waals surface area contributed by atoms with Crippen molar-refractivity contribution in [1.82, 2.24) is 19.5 Å². The maximum Gasteiger partial charge on any atom is 0.490 e. The fourth-order valence-electron chi connectivity index (χ4n) is 2.78. The lowest BCUT2D eigenvalue weighted by Gasteiger charge is -2.19. The van der Waals surface area contributed by atoms with E-state index in [-0.39, 0.29) is 17.8 Å². The van der Waals surface area contributed by atoms with Gasteiger partial charge in [0.15, 0.2) is 11.5 Å². The average Bonchev–Trinajstić information content (AvgIpc) is 3.22. The van der Waals surface area contributed by atoms with Gasteiger partial charge in [0.05, 0.1) is 25.1 Å². The van der Waals surface area contributed by atoms with E-state index in [4.69, 9.17) is 25.8 Å². The van der Waals surface area contributed by atoms with Gasteiger partial charge < -0.3 is 30.0 Å². The summed E-state index contributed by atoms with van der Waals surface area (Å²) < 4.78 is 52.9. The molecular weight excluding hydrogens is 501 g/mol. The molecule has 176 valence electrons. The Labute approximate surface area is 177 Å². The van der Waals surface area contributed by atoms with Crippen molar-refractivity contribution in [2.75, 3.05) is 12.3 Å². The molecule has 0 amide bonds. The van der Waals surface area contributed by atoms with E-state index in [1.807, 2.05) is 0 Å². The van der Waals surface area contributed by atoms with Crippen LogP contribution in [0.4, 0.5) is 5.82 Å². The van der Waals surface area contributed by atoms with Gasteiger partial charge >= 0.3 is 23.5 Å². The molecule has 0 aliphatic carbocycles.